The Morgan fingerprint density at radius 1 is 1.30 bits per heavy atom. The molecule has 1 aliphatic rings. The Labute approximate surface area is 117 Å². The van der Waals surface area contributed by atoms with Gasteiger partial charge in [-0.05, 0) is 20.8 Å². The molecule has 0 radical (unpaired) electrons. The van der Waals surface area contributed by atoms with E-state index in [4.69, 9.17) is 14.0 Å². The monoisotopic (exact) mass is 309 g/mol. The van der Waals surface area contributed by atoms with Gasteiger partial charge in [0.25, 0.3) is 10.1 Å². The molecule has 0 bridgehead atoms. The van der Waals surface area contributed by atoms with Crippen LogP contribution in [0.3, 0.4) is 0 Å². The number of carboxylic acid groups (broad SMARTS) is 1. The topological polar surface area (TPSA) is 110 Å². The van der Waals surface area contributed by atoms with Crippen molar-refractivity contribution in [1.29, 1.82) is 0 Å². The lowest BCUT2D eigenvalue weighted by molar-refractivity contribution is -0.142. The largest absolute Gasteiger partial charge is 0.480 e. The predicted octanol–water partition coefficient (Wildman–Crippen LogP) is 0.425. The molecule has 0 aliphatic carbocycles. The number of likely N-dealkylation sites (tertiary alicyclic amines) is 1. The molecule has 1 fully saturated rings. The van der Waals surface area contributed by atoms with Crippen molar-refractivity contribution in [3.05, 3.63) is 0 Å². The minimum Gasteiger partial charge on any atom is -0.480 e. The Balaban J connectivity index is 2.83. The van der Waals surface area contributed by atoms with Crippen LogP contribution in [0, 0.1) is 0 Å². The average Bonchev–Trinajstić information content (AvgIpc) is 2.56. The molecule has 20 heavy (non-hydrogen) atoms. The molecule has 9 heteroatoms. The zero-order chi connectivity index (χ0) is 15.7. The second-order valence-electron chi connectivity index (χ2n) is 5.64. The standard InChI is InChI=1S/C11H19NO7S/c1-11(2,3)18-10(15)12-6-7(19-20(4,16)17)5-8(12)9(13)14/h7-8H,5-6H2,1-4H3,(H,13,14)/t7-,8+/m0/s1. The lowest BCUT2D eigenvalue weighted by Crippen LogP contribution is -2.43. The summed E-state index contributed by atoms with van der Waals surface area (Å²) in [6, 6.07) is -1.16. The summed E-state index contributed by atoms with van der Waals surface area (Å²) in [7, 11) is -3.71. The van der Waals surface area contributed by atoms with Crippen molar-refractivity contribution in [3.8, 4) is 0 Å². The molecule has 0 aromatic heterocycles. The van der Waals surface area contributed by atoms with Crippen LogP contribution in [0.1, 0.15) is 27.2 Å². The number of aliphatic carboxylic acids is 1. The third kappa shape index (κ3) is 4.97. The normalized spacial score (nSPS) is 23.7. The molecule has 116 valence electrons. The van der Waals surface area contributed by atoms with Crippen LogP contribution in [0.5, 0.6) is 0 Å². The Bertz CT molecular complexity index is 493. The summed E-state index contributed by atoms with van der Waals surface area (Å²) in [4.78, 5) is 24.0. The number of nitrogens with zero attached hydrogens (tertiary/aromatic N) is 1. The van der Waals surface area contributed by atoms with Crippen molar-refractivity contribution in [2.75, 3.05) is 12.8 Å². The van der Waals surface area contributed by atoms with Crippen molar-refractivity contribution in [2.45, 2.75) is 44.9 Å². The number of ether oxygens (including phenoxy) is 1. The second-order valence-corrected chi connectivity index (χ2v) is 7.25. The maximum atomic E-state index is 11.9. The lowest BCUT2D eigenvalue weighted by Gasteiger charge is -2.26. The number of rotatable bonds is 3. The van der Waals surface area contributed by atoms with Gasteiger partial charge in [-0.3, -0.25) is 9.08 Å². The first-order chi connectivity index (χ1) is 8.89. The van der Waals surface area contributed by atoms with Gasteiger partial charge in [-0.2, -0.15) is 8.42 Å². The van der Waals surface area contributed by atoms with E-state index in [-0.39, 0.29) is 13.0 Å². The summed E-state index contributed by atoms with van der Waals surface area (Å²) < 4.78 is 32.0. The zero-order valence-corrected chi connectivity index (χ0v) is 12.6. The highest BCUT2D eigenvalue weighted by atomic mass is 32.2. The van der Waals surface area contributed by atoms with E-state index in [2.05, 4.69) is 0 Å². The van der Waals surface area contributed by atoms with Crippen molar-refractivity contribution < 1.29 is 32.0 Å². The summed E-state index contributed by atoms with van der Waals surface area (Å²) >= 11 is 0. The predicted molar refractivity (Wildman–Crippen MR) is 68.7 cm³/mol. The van der Waals surface area contributed by atoms with Crippen LogP contribution in [0.4, 0.5) is 4.79 Å². The van der Waals surface area contributed by atoms with E-state index in [0.29, 0.717) is 0 Å². The summed E-state index contributed by atoms with van der Waals surface area (Å²) in [5.41, 5.74) is -0.768. The number of hydrogen-bond donors (Lipinski definition) is 1. The summed E-state index contributed by atoms with van der Waals surface area (Å²) in [6.07, 6.45) is -0.899. The lowest BCUT2D eigenvalue weighted by atomic mass is 10.2. The number of hydrogen-bond acceptors (Lipinski definition) is 6. The van der Waals surface area contributed by atoms with Crippen LogP contribution in [0.25, 0.3) is 0 Å². The number of amides is 1. The Morgan fingerprint density at radius 3 is 2.25 bits per heavy atom. The fraction of sp³-hybridized carbons (Fsp3) is 0.818. The number of carboxylic acids is 1. The second kappa shape index (κ2) is 5.57. The fourth-order valence-electron chi connectivity index (χ4n) is 1.87. The first kappa shape index (κ1) is 16.7. The summed E-state index contributed by atoms with van der Waals surface area (Å²) in [5.74, 6) is -1.23. The van der Waals surface area contributed by atoms with Gasteiger partial charge in [0.05, 0.1) is 18.9 Å². The van der Waals surface area contributed by atoms with E-state index in [1.807, 2.05) is 0 Å². The molecule has 0 aromatic rings. The smallest absolute Gasteiger partial charge is 0.411 e. The highest BCUT2D eigenvalue weighted by Crippen LogP contribution is 2.24. The average molecular weight is 309 g/mol. The third-order valence-corrected chi connectivity index (χ3v) is 3.11. The van der Waals surface area contributed by atoms with Gasteiger partial charge >= 0.3 is 12.1 Å². The molecular weight excluding hydrogens is 290 g/mol. The van der Waals surface area contributed by atoms with Gasteiger partial charge in [-0.25, -0.2) is 9.59 Å². The molecule has 1 N–H and O–H groups in total. The SMILES string of the molecule is CC(C)(C)OC(=O)N1C[C@@H](OS(C)(=O)=O)C[C@@H]1C(=O)O. The molecule has 0 aromatic carbocycles. The van der Waals surface area contributed by atoms with Crippen LogP contribution in [0.15, 0.2) is 0 Å². The molecular formula is C11H19NO7S. The number of carbonyl (C=O) groups is 2. The molecule has 1 saturated heterocycles. The van der Waals surface area contributed by atoms with Crippen molar-refractivity contribution in [1.82, 2.24) is 4.90 Å². The minimum atomic E-state index is -3.71. The van der Waals surface area contributed by atoms with E-state index < -0.39 is 39.9 Å². The van der Waals surface area contributed by atoms with Gasteiger partial charge in [0, 0.05) is 6.42 Å². The van der Waals surface area contributed by atoms with E-state index in [1.54, 1.807) is 20.8 Å². The van der Waals surface area contributed by atoms with E-state index in [0.717, 1.165) is 11.2 Å². The quantitative estimate of drug-likeness (QED) is 0.752. The molecule has 2 atom stereocenters. The Morgan fingerprint density at radius 2 is 1.85 bits per heavy atom. The zero-order valence-electron chi connectivity index (χ0n) is 11.8. The van der Waals surface area contributed by atoms with Gasteiger partial charge in [-0.1, -0.05) is 0 Å². The van der Waals surface area contributed by atoms with Crippen LogP contribution in [0.2, 0.25) is 0 Å². The molecule has 1 amide bonds. The fourth-order valence-corrected chi connectivity index (χ4v) is 2.50. The Hall–Kier alpha value is -1.35. The molecule has 0 spiro atoms. The number of carbonyl (C=O) groups excluding carboxylic acids is 1. The summed E-state index contributed by atoms with van der Waals surface area (Å²) in [5, 5.41) is 9.09. The van der Waals surface area contributed by atoms with Crippen molar-refractivity contribution in [2.24, 2.45) is 0 Å². The molecule has 1 rings (SSSR count). The third-order valence-electron chi connectivity index (χ3n) is 2.49. The van der Waals surface area contributed by atoms with Crippen LogP contribution in [-0.4, -0.2) is 61.0 Å². The highest BCUT2D eigenvalue weighted by Gasteiger charge is 2.43. The van der Waals surface area contributed by atoms with Gasteiger partial charge < -0.3 is 9.84 Å². The minimum absolute atomic E-state index is 0.0956. The molecule has 0 unspecified atom stereocenters. The van der Waals surface area contributed by atoms with Crippen LogP contribution in [-0.2, 0) is 23.8 Å². The Kier molecular flexibility index (Phi) is 4.65. The molecule has 1 heterocycles. The van der Waals surface area contributed by atoms with E-state index in [9.17, 15) is 18.0 Å². The van der Waals surface area contributed by atoms with Crippen molar-refractivity contribution in [3.63, 3.8) is 0 Å². The van der Waals surface area contributed by atoms with Gasteiger partial charge in [0.15, 0.2) is 0 Å². The van der Waals surface area contributed by atoms with Crippen LogP contribution >= 0.6 is 0 Å². The van der Waals surface area contributed by atoms with Crippen molar-refractivity contribution >= 4 is 22.2 Å². The first-order valence-corrected chi connectivity index (χ1v) is 7.81. The van der Waals surface area contributed by atoms with E-state index in [1.165, 1.54) is 0 Å². The highest BCUT2D eigenvalue weighted by molar-refractivity contribution is 7.86. The molecule has 1 aliphatic heterocycles. The molecule has 0 saturated carbocycles. The maximum absolute atomic E-state index is 11.9. The van der Waals surface area contributed by atoms with Gasteiger partial charge in [-0.15, -0.1) is 0 Å². The molecule has 8 nitrogen and oxygen atoms in total. The van der Waals surface area contributed by atoms with E-state index >= 15 is 0 Å². The summed E-state index contributed by atoms with van der Waals surface area (Å²) in [6.45, 7) is 4.82. The first-order valence-electron chi connectivity index (χ1n) is 6.00. The van der Waals surface area contributed by atoms with Gasteiger partial charge in [0.1, 0.15) is 11.6 Å². The maximum Gasteiger partial charge on any atom is 0.411 e. The van der Waals surface area contributed by atoms with Crippen LogP contribution < -0.4 is 0 Å². The van der Waals surface area contributed by atoms with Gasteiger partial charge in [0.2, 0.25) is 0 Å².